The van der Waals surface area contributed by atoms with Gasteiger partial charge in [0.05, 0.1) is 12.4 Å². The topological polar surface area (TPSA) is 101 Å². The maximum atomic E-state index is 14.0. The molecule has 0 saturated carbocycles. The van der Waals surface area contributed by atoms with Crippen molar-refractivity contribution in [3.8, 4) is 0 Å². The zero-order valence-electron chi connectivity index (χ0n) is 20.6. The molecule has 4 rings (SSSR count). The summed E-state index contributed by atoms with van der Waals surface area (Å²) in [5, 5.41) is 18.7. The number of benzene rings is 4. The molecule has 0 aliphatic heterocycles. The third-order valence-corrected chi connectivity index (χ3v) is 16.0. The molecule has 4 aromatic carbocycles. The molecule has 0 radical (unpaired) electrons. The van der Waals surface area contributed by atoms with Crippen molar-refractivity contribution in [3.05, 3.63) is 132 Å². The molecule has 39 heavy (non-hydrogen) atoms. The van der Waals surface area contributed by atoms with E-state index >= 15 is 0 Å². The van der Waals surface area contributed by atoms with Gasteiger partial charge in [-0.2, -0.15) is 10.2 Å². The van der Waals surface area contributed by atoms with Crippen molar-refractivity contribution in [1.29, 1.82) is 0 Å². The predicted octanol–water partition coefficient (Wildman–Crippen LogP) is 4.69. The van der Waals surface area contributed by atoms with Crippen molar-refractivity contribution >= 4 is 61.9 Å². The van der Waals surface area contributed by atoms with E-state index in [1.807, 2.05) is 60.7 Å². The first-order valence-electron chi connectivity index (χ1n) is 11.7. The molecule has 0 heterocycles. The van der Waals surface area contributed by atoms with Crippen molar-refractivity contribution in [2.75, 3.05) is 0 Å². The number of halogens is 2. The smallest absolute Gasteiger partial charge is 0.256 e. The fourth-order valence-corrected chi connectivity index (χ4v) is 13.5. The Hall–Kier alpha value is -4.06. The highest BCUT2D eigenvalue weighted by Gasteiger charge is 2.42. The zero-order chi connectivity index (χ0) is 27.5. The van der Waals surface area contributed by atoms with Gasteiger partial charge in [0.15, 0.2) is 10.3 Å². The van der Waals surface area contributed by atoms with Gasteiger partial charge in [0, 0.05) is 11.1 Å². The lowest BCUT2D eigenvalue weighted by atomic mass is 10.2. The summed E-state index contributed by atoms with van der Waals surface area (Å²) in [6, 6.07) is 32.1. The fourth-order valence-electron chi connectivity index (χ4n) is 3.53. The molecule has 0 unspecified atom stereocenters. The molecule has 196 valence electrons. The third-order valence-electron chi connectivity index (χ3n) is 5.32. The molecule has 0 aromatic heterocycles. The van der Waals surface area contributed by atoms with Gasteiger partial charge in [-0.1, -0.05) is 119 Å². The lowest BCUT2D eigenvalue weighted by molar-refractivity contribution is 0.625. The van der Waals surface area contributed by atoms with Crippen LogP contribution in [0.5, 0.6) is 0 Å². The van der Waals surface area contributed by atoms with E-state index in [9.17, 15) is 8.78 Å². The van der Waals surface area contributed by atoms with Gasteiger partial charge in [-0.15, -0.1) is 10.2 Å². The van der Waals surface area contributed by atoms with Crippen LogP contribution in [0.25, 0.3) is 0 Å². The van der Waals surface area contributed by atoms with Gasteiger partial charge in [-0.05, 0) is 22.5 Å². The molecule has 0 bridgehead atoms. The highest BCUT2D eigenvalue weighted by atomic mass is 32.6. The Bertz CT molecular complexity index is 1400. The SMILES string of the molecule is N/C(=N\N=C\c1ccccc1F)S[Si](S/C(N)=N/N=C/c1ccccc1F)(c1ccccc1)c1ccccc1. The summed E-state index contributed by atoms with van der Waals surface area (Å²) in [5.41, 5.74) is 13.4. The Labute approximate surface area is 234 Å². The lowest BCUT2D eigenvalue weighted by Gasteiger charge is -2.30. The molecule has 0 fully saturated rings. The third kappa shape index (κ3) is 7.50. The van der Waals surface area contributed by atoms with Crippen LogP contribution in [-0.2, 0) is 0 Å². The van der Waals surface area contributed by atoms with Gasteiger partial charge in [0.2, 0.25) is 0 Å². The molecule has 0 aliphatic carbocycles. The molecule has 11 heteroatoms. The number of hydrogen-bond donors (Lipinski definition) is 2. The Balaban J connectivity index is 1.70. The molecular formula is C28H24F2N6S2Si. The van der Waals surface area contributed by atoms with Crippen molar-refractivity contribution in [2.24, 2.45) is 31.9 Å². The van der Waals surface area contributed by atoms with E-state index in [0.717, 1.165) is 10.4 Å². The van der Waals surface area contributed by atoms with Crippen molar-refractivity contribution in [1.82, 2.24) is 0 Å². The number of rotatable bonds is 8. The highest BCUT2D eigenvalue weighted by Crippen LogP contribution is 2.32. The van der Waals surface area contributed by atoms with E-state index in [-0.39, 0.29) is 10.3 Å². The first kappa shape index (κ1) is 28.0. The van der Waals surface area contributed by atoms with Gasteiger partial charge in [-0.25, -0.2) is 8.78 Å². The first-order chi connectivity index (χ1) is 19.0. The van der Waals surface area contributed by atoms with E-state index < -0.39 is 18.0 Å². The normalized spacial score (nSPS) is 12.9. The Morgan fingerprint density at radius 1 is 0.564 bits per heavy atom. The Morgan fingerprint density at radius 2 is 0.923 bits per heavy atom. The quantitative estimate of drug-likeness (QED) is 0.138. The van der Waals surface area contributed by atoms with Gasteiger partial charge < -0.3 is 11.5 Å². The van der Waals surface area contributed by atoms with Crippen LogP contribution < -0.4 is 21.8 Å². The van der Waals surface area contributed by atoms with E-state index in [2.05, 4.69) is 20.4 Å². The van der Waals surface area contributed by atoms with Gasteiger partial charge >= 0.3 is 0 Å². The van der Waals surface area contributed by atoms with Crippen molar-refractivity contribution in [3.63, 3.8) is 0 Å². The number of hydrogen-bond acceptors (Lipinski definition) is 6. The Kier molecular flexibility index (Phi) is 9.78. The molecule has 6 nitrogen and oxygen atoms in total. The van der Waals surface area contributed by atoms with Crippen LogP contribution in [0.2, 0.25) is 0 Å². The molecule has 0 saturated heterocycles. The van der Waals surface area contributed by atoms with E-state index in [1.54, 1.807) is 36.4 Å². The van der Waals surface area contributed by atoms with Crippen LogP contribution >= 0.6 is 22.4 Å². The van der Waals surface area contributed by atoms with Crippen molar-refractivity contribution in [2.45, 2.75) is 0 Å². The molecule has 0 amide bonds. The molecular weight excluding hydrogens is 551 g/mol. The van der Waals surface area contributed by atoms with Crippen LogP contribution in [0.15, 0.2) is 130 Å². The fraction of sp³-hybridized carbons (Fsp3) is 0. The zero-order valence-corrected chi connectivity index (χ0v) is 23.2. The Morgan fingerprint density at radius 3 is 1.31 bits per heavy atom. The van der Waals surface area contributed by atoms with Crippen LogP contribution in [0.4, 0.5) is 8.78 Å². The number of amidine groups is 2. The highest BCUT2D eigenvalue weighted by molar-refractivity contribution is 8.69. The van der Waals surface area contributed by atoms with Crippen LogP contribution in [-0.4, -0.2) is 29.1 Å². The minimum atomic E-state index is -2.93. The predicted molar refractivity (Wildman–Crippen MR) is 164 cm³/mol. The standard InChI is InChI=1S/C28H24F2N6S2Si/c29-25-17-9-7-11-21(25)19-33-35-27(31)37-39(23-13-3-1-4-14-23,24-15-5-2-6-16-24)38-28(32)36-34-20-22-12-8-10-18-26(22)30/h1-20H,(H2,31,35)(H2,32,36)/b33-19+,34-20+. The second-order valence-electron chi connectivity index (χ2n) is 7.96. The molecule has 0 atom stereocenters. The van der Waals surface area contributed by atoms with Gasteiger partial charge in [-0.3, -0.25) is 0 Å². The average molecular weight is 575 g/mol. The van der Waals surface area contributed by atoms with Gasteiger partial charge in [0.1, 0.15) is 11.6 Å². The van der Waals surface area contributed by atoms with E-state index in [0.29, 0.717) is 11.1 Å². The minimum absolute atomic E-state index is 0.178. The summed E-state index contributed by atoms with van der Waals surface area (Å²) in [6.45, 7) is 0. The molecule has 4 N–H and O–H groups in total. The maximum Gasteiger partial charge on any atom is 0.256 e. The second kappa shape index (κ2) is 13.6. The van der Waals surface area contributed by atoms with E-state index in [1.165, 1.54) is 47.0 Å². The molecule has 4 aromatic rings. The average Bonchev–Trinajstić information content (AvgIpc) is 2.95. The number of nitrogens with zero attached hydrogens (tertiary/aromatic N) is 4. The summed E-state index contributed by atoms with van der Waals surface area (Å²) in [5.74, 6) is -0.814. The largest absolute Gasteiger partial charge is 0.377 e. The maximum absolute atomic E-state index is 14.0. The monoisotopic (exact) mass is 574 g/mol. The van der Waals surface area contributed by atoms with Crippen LogP contribution in [0, 0.1) is 11.6 Å². The summed E-state index contributed by atoms with van der Waals surface area (Å²) in [4.78, 5) is 0. The van der Waals surface area contributed by atoms with Gasteiger partial charge in [0.25, 0.3) is 6.37 Å². The molecule has 0 aliphatic rings. The second-order valence-corrected chi connectivity index (χ2v) is 17.3. The lowest BCUT2D eigenvalue weighted by Crippen LogP contribution is -2.55. The first-order valence-corrected chi connectivity index (χ1v) is 16.8. The number of nitrogens with two attached hydrogens (primary N) is 2. The molecule has 0 spiro atoms. The van der Waals surface area contributed by atoms with Crippen LogP contribution in [0.3, 0.4) is 0 Å². The summed E-state index contributed by atoms with van der Waals surface area (Å²) in [7, 11) is 0. The van der Waals surface area contributed by atoms with Crippen LogP contribution in [0.1, 0.15) is 11.1 Å². The summed E-state index contributed by atoms with van der Waals surface area (Å²) < 4.78 is 27.9. The van der Waals surface area contributed by atoms with Crippen molar-refractivity contribution < 1.29 is 8.78 Å². The van der Waals surface area contributed by atoms with E-state index in [4.69, 9.17) is 11.5 Å². The summed E-state index contributed by atoms with van der Waals surface area (Å²) in [6.07, 6.45) is -0.295. The summed E-state index contributed by atoms with van der Waals surface area (Å²) >= 11 is 2.70. The minimum Gasteiger partial charge on any atom is -0.377 e.